The van der Waals surface area contributed by atoms with Crippen molar-refractivity contribution in [2.45, 2.75) is 27.3 Å². The maximum absolute atomic E-state index is 12.7. The van der Waals surface area contributed by atoms with Crippen LogP contribution in [-0.2, 0) is 11.3 Å². The van der Waals surface area contributed by atoms with Crippen LogP contribution < -0.4 is 10.9 Å². The van der Waals surface area contributed by atoms with Crippen LogP contribution in [0.4, 0.5) is 5.69 Å². The van der Waals surface area contributed by atoms with E-state index in [0.717, 1.165) is 11.1 Å². The Hall–Kier alpha value is -3.41. The minimum Gasteiger partial charge on any atom is -0.461 e. The number of nitrogens with zero attached hydrogens (tertiary/aromatic N) is 2. The number of hydrogen-bond donors (Lipinski definition) is 1. The molecule has 1 heterocycles. The average Bonchev–Trinajstić information content (AvgIpc) is 2.68. The predicted molar refractivity (Wildman–Crippen MR) is 109 cm³/mol. The Bertz CT molecular complexity index is 1040. The van der Waals surface area contributed by atoms with Gasteiger partial charge in [0.2, 0.25) is 0 Å². The van der Waals surface area contributed by atoms with E-state index in [1.165, 1.54) is 16.3 Å². The summed E-state index contributed by atoms with van der Waals surface area (Å²) in [5, 5.41) is 7.46. The number of para-hydroxylation sites is 1. The summed E-state index contributed by atoms with van der Waals surface area (Å²) in [7, 11) is 0. The van der Waals surface area contributed by atoms with Gasteiger partial charge in [-0.3, -0.25) is 4.79 Å². The highest BCUT2D eigenvalue weighted by Gasteiger charge is 2.19. The van der Waals surface area contributed by atoms with E-state index in [4.69, 9.17) is 4.74 Å². The van der Waals surface area contributed by atoms with Crippen LogP contribution in [0.5, 0.6) is 0 Å². The topological polar surface area (TPSA) is 73.2 Å². The van der Waals surface area contributed by atoms with Gasteiger partial charge in [-0.05, 0) is 38.0 Å². The molecular weight excluding hydrogens is 354 g/mol. The van der Waals surface area contributed by atoms with Gasteiger partial charge in [-0.2, -0.15) is 9.78 Å². The molecule has 3 aromatic rings. The molecule has 0 unspecified atom stereocenters. The smallest absolute Gasteiger partial charge is 0.360 e. The molecule has 144 valence electrons. The molecule has 6 nitrogen and oxygen atoms in total. The Kier molecular flexibility index (Phi) is 5.89. The lowest BCUT2D eigenvalue weighted by atomic mass is 10.1. The zero-order chi connectivity index (χ0) is 20.1. The number of hydrogen-bond acceptors (Lipinski definition) is 5. The van der Waals surface area contributed by atoms with Gasteiger partial charge in [-0.25, -0.2) is 4.79 Å². The lowest BCUT2D eigenvalue weighted by Crippen LogP contribution is -2.26. The molecule has 1 aromatic heterocycles. The number of nitrogens with one attached hydrogen (secondary N) is 1. The zero-order valence-electron chi connectivity index (χ0n) is 16.2. The van der Waals surface area contributed by atoms with Crippen molar-refractivity contribution in [2.75, 3.05) is 11.9 Å². The minimum atomic E-state index is -0.573. The molecule has 1 N–H and O–H groups in total. The summed E-state index contributed by atoms with van der Waals surface area (Å²) < 4.78 is 6.38. The molecule has 0 saturated heterocycles. The standard InChI is InChI=1S/C22H23N3O3/c1-4-28-22(27)21-18(23-14-17-11-9-15(2)10-12-17)13-20(26)25(24-21)19-8-6-5-7-16(19)3/h5-13,23H,4,14H2,1-3H3. The lowest BCUT2D eigenvalue weighted by molar-refractivity contribution is 0.0518. The van der Waals surface area contributed by atoms with Gasteiger partial charge >= 0.3 is 5.97 Å². The Balaban J connectivity index is 2.00. The number of ether oxygens (including phenoxy) is 1. The van der Waals surface area contributed by atoms with Gasteiger partial charge in [0.15, 0.2) is 5.69 Å². The number of benzene rings is 2. The number of rotatable bonds is 6. The third-order valence-electron chi connectivity index (χ3n) is 4.35. The van der Waals surface area contributed by atoms with Crippen molar-refractivity contribution >= 4 is 11.7 Å². The second kappa shape index (κ2) is 8.52. The number of anilines is 1. The van der Waals surface area contributed by atoms with E-state index in [2.05, 4.69) is 10.4 Å². The molecule has 28 heavy (non-hydrogen) atoms. The van der Waals surface area contributed by atoms with Crippen LogP contribution in [0.2, 0.25) is 0 Å². The molecule has 0 bridgehead atoms. The number of aromatic nitrogens is 2. The summed E-state index contributed by atoms with van der Waals surface area (Å²) in [6.45, 7) is 6.32. The van der Waals surface area contributed by atoms with Crippen LogP contribution in [0.15, 0.2) is 59.4 Å². The number of carbonyl (C=O) groups is 1. The first kappa shape index (κ1) is 19.4. The van der Waals surface area contributed by atoms with E-state index in [1.54, 1.807) is 13.0 Å². The molecule has 0 amide bonds. The van der Waals surface area contributed by atoms with Crippen LogP contribution >= 0.6 is 0 Å². The van der Waals surface area contributed by atoms with Gasteiger partial charge in [-0.15, -0.1) is 0 Å². The summed E-state index contributed by atoms with van der Waals surface area (Å²) in [6.07, 6.45) is 0. The van der Waals surface area contributed by atoms with Crippen LogP contribution in [0.1, 0.15) is 34.1 Å². The molecule has 0 spiro atoms. The lowest BCUT2D eigenvalue weighted by Gasteiger charge is -2.14. The van der Waals surface area contributed by atoms with Gasteiger partial charge in [-0.1, -0.05) is 48.0 Å². The van der Waals surface area contributed by atoms with Crippen LogP contribution in [0, 0.1) is 13.8 Å². The zero-order valence-corrected chi connectivity index (χ0v) is 16.2. The molecule has 0 atom stereocenters. The van der Waals surface area contributed by atoms with Crippen molar-refractivity contribution in [1.82, 2.24) is 9.78 Å². The van der Waals surface area contributed by atoms with Crippen molar-refractivity contribution in [3.63, 3.8) is 0 Å². The fourth-order valence-electron chi connectivity index (χ4n) is 2.82. The second-order valence-electron chi connectivity index (χ2n) is 6.50. The van der Waals surface area contributed by atoms with E-state index >= 15 is 0 Å². The van der Waals surface area contributed by atoms with Crippen molar-refractivity contribution in [3.8, 4) is 5.69 Å². The molecule has 0 fully saturated rings. The summed E-state index contributed by atoms with van der Waals surface area (Å²) in [6, 6.07) is 16.8. The van der Waals surface area contributed by atoms with E-state index < -0.39 is 5.97 Å². The Morgan fingerprint density at radius 3 is 2.50 bits per heavy atom. The van der Waals surface area contributed by atoms with E-state index in [9.17, 15) is 9.59 Å². The molecule has 0 aliphatic carbocycles. The van der Waals surface area contributed by atoms with E-state index in [-0.39, 0.29) is 17.9 Å². The molecule has 0 aliphatic heterocycles. The minimum absolute atomic E-state index is 0.0804. The fourth-order valence-corrected chi connectivity index (χ4v) is 2.82. The van der Waals surface area contributed by atoms with Crippen molar-refractivity contribution in [2.24, 2.45) is 0 Å². The highest BCUT2D eigenvalue weighted by atomic mass is 16.5. The van der Waals surface area contributed by atoms with Crippen molar-refractivity contribution in [3.05, 3.63) is 87.3 Å². The normalized spacial score (nSPS) is 10.5. The van der Waals surface area contributed by atoms with Gasteiger partial charge in [0.1, 0.15) is 0 Å². The number of aryl methyl sites for hydroxylation is 2. The third kappa shape index (κ3) is 4.28. The van der Waals surface area contributed by atoms with Crippen LogP contribution in [0.25, 0.3) is 5.69 Å². The summed E-state index contributed by atoms with van der Waals surface area (Å²) in [5.74, 6) is -0.573. The van der Waals surface area contributed by atoms with Crippen molar-refractivity contribution < 1.29 is 9.53 Å². The molecule has 2 aromatic carbocycles. The monoisotopic (exact) mass is 377 g/mol. The summed E-state index contributed by atoms with van der Waals surface area (Å²) >= 11 is 0. The van der Waals surface area contributed by atoms with Gasteiger partial charge < -0.3 is 10.1 Å². The Labute approximate surface area is 163 Å². The largest absolute Gasteiger partial charge is 0.461 e. The summed E-state index contributed by atoms with van der Waals surface area (Å²) in [4.78, 5) is 25.2. The van der Waals surface area contributed by atoms with Crippen molar-refractivity contribution in [1.29, 1.82) is 0 Å². The summed E-state index contributed by atoms with van der Waals surface area (Å²) in [5.41, 5.74) is 3.82. The molecule has 0 saturated carbocycles. The maximum atomic E-state index is 12.7. The molecule has 3 rings (SSSR count). The Morgan fingerprint density at radius 2 is 1.82 bits per heavy atom. The second-order valence-corrected chi connectivity index (χ2v) is 6.50. The van der Waals surface area contributed by atoms with E-state index in [0.29, 0.717) is 17.9 Å². The maximum Gasteiger partial charge on any atom is 0.360 e. The van der Waals surface area contributed by atoms with Gasteiger partial charge in [0.25, 0.3) is 5.56 Å². The first-order valence-corrected chi connectivity index (χ1v) is 9.16. The van der Waals surface area contributed by atoms with Crippen LogP contribution in [-0.4, -0.2) is 22.4 Å². The molecule has 0 aliphatic rings. The fraction of sp³-hybridized carbons (Fsp3) is 0.227. The van der Waals surface area contributed by atoms with Gasteiger partial charge in [0.05, 0.1) is 18.0 Å². The van der Waals surface area contributed by atoms with Crippen LogP contribution in [0.3, 0.4) is 0 Å². The highest BCUT2D eigenvalue weighted by Crippen LogP contribution is 2.17. The van der Waals surface area contributed by atoms with Gasteiger partial charge in [0, 0.05) is 12.6 Å². The number of carbonyl (C=O) groups excluding carboxylic acids is 1. The highest BCUT2D eigenvalue weighted by molar-refractivity contribution is 5.93. The molecular formula is C22H23N3O3. The Morgan fingerprint density at radius 1 is 1.11 bits per heavy atom. The quantitative estimate of drug-likeness (QED) is 0.664. The first-order valence-electron chi connectivity index (χ1n) is 9.16. The number of esters is 1. The predicted octanol–water partition coefficient (Wildman–Crippen LogP) is 3.64. The third-order valence-corrected chi connectivity index (χ3v) is 4.35. The molecule has 0 radical (unpaired) electrons. The average molecular weight is 377 g/mol. The first-order chi connectivity index (χ1) is 13.5. The SMILES string of the molecule is CCOC(=O)c1nn(-c2ccccc2C)c(=O)cc1NCc1ccc(C)cc1. The van der Waals surface area contributed by atoms with E-state index in [1.807, 2.05) is 56.3 Å². The molecule has 6 heteroatoms.